The highest BCUT2D eigenvalue weighted by Crippen LogP contribution is 2.68. The summed E-state index contributed by atoms with van der Waals surface area (Å²) in [6, 6.07) is 82.7. The molecule has 0 fully saturated rings. The molecule has 3 unspecified atom stereocenters. The summed E-state index contributed by atoms with van der Waals surface area (Å²) in [5.74, 6) is 0.377. The Morgan fingerprint density at radius 1 is 0.323 bits per heavy atom. The zero-order valence-corrected chi connectivity index (χ0v) is 34.3. The minimum absolute atomic E-state index is 0.186. The van der Waals surface area contributed by atoms with Gasteiger partial charge in [0.05, 0.1) is 5.41 Å². The Hall–Kier alpha value is -7.74. The first-order valence-electron chi connectivity index (χ1n) is 21.8. The quantitative estimate of drug-likeness (QED) is 0.155. The molecule has 0 heterocycles. The van der Waals surface area contributed by atoms with Crippen LogP contribution in [0.5, 0.6) is 0 Å². The highest BCUT2D eigenvalue weighted by atomic mass is 15.1. The second kappa shape index (κ2) is 14.8. The van der Waals surface area contributed by atoms with E-state index < -0.39 is 5.41 Å². The summed E-state index contributed by atoms with van der Waals surface area (Å²) < 4.78 is 0. The number of anilines is 3. The van der Waals surface area contributed by atoms with Crippen molar-refractivity contribution in [3.8, 4) is 55.6 Å². The molecule has 0 saturated heterocycles. The molecule has 0 aromatic heterocycles. The third-order valence-corrected chi connectivity index (χ3v) is 13.6. The summed E-state index contributed by atoms with van der Waals surface area (Å²) in [5, 5.41) is 0. The molecule has 3 aliphatic carbocycles. The van der Waals surface area contributed by atoms with Crippen molar-refractivity contribution >= 4 is 17.1 Å². The number of allylic oxidation sites excluding steroid dienone is 4. The van der Waals surface area contributed by atoms with Gasteiger partial charge in [0, 0.05) is 28.9 Å². The first kappa shape index (κ1) is 36.1. The lowest BCUT2D eigenvalue weighted by Gasteiger charge is -2.37. The number of hydrogen-bond acceptors (Lipinski definition) is 1. The Bertz CT molecular complexity index is 3150. The molecule has 3 atom stereocenters. The Morgan fingerprint density at radius 3 is 1.47 bits per heavy atom. The fraction of sp³-hybridized carbons (Fsp3) is 0.0492. The Labute approximate surface area is 364 Å². The van der Waals surface area contributed by atoms with Crippen molar-refractivity contribution in [2.24, 2.45) is 5.92 Å². The normalized spacial score (nSPS) is 17.6. The summed E-state index contributed by atoms with van der Waals surface area (Å²) in [5.41, 5.74) is 21.3. The zero-order valence-electron chi connectivity index (χ0n) is 34.3. The lowest BCUT2D eigenvalue weighted by Crippen LogP contribution is -2.33. The van der Waals surface area contributed by atoms with Crippen molar-refractivity contribution < 1.29 is 0 Å². The van der Waals surface area contributed by atoms with E-state index >= 15 is 0 Å². The van der Waals surface area contributed by atoms with E-state index in [-0.39, 0.29) is 11.8 Å². The number of nitrogens with zero attached hydrogens (tertiary/aromatic N) is 1. The SMILES string of the molecule is C1=CC2c3c(-c4ccccc4)ccc(-c4ccc(N(c5ccccc5)c5ccc(-c6ccccc6)cc5)cc4)c3C3(c4ccccc4-c4c(-c5ccccc5)cccc43)C2C=C1. The average Bonchev–Trinajstić information content (AvgIpc) is 3.84. The van der Waals surface area contributed by atoms with Gasteiger partial charge in [-0.25, -0.2) is 0 Å². The van der Waals surface area contributed by atoms with Gasteiger partial charge in [-0.3, -0.25) is 0 Å². The standard InChI is InChI=1S/C61H43N/c1-5-18-42(19-6-1)43-32-36-48(37-33-43)62(47-24-11-4-12-25-47)49-38-34-46(35-39-49)52-41-40-51(45-22-9-3-10-23-45)59-54-27-14-16-30-56(54)61(60(52)59)55-29-15-13-26-53(55)58-50(28-17-31-57(58)61)44-20-7-2-8-21-44/h1-41,54,56H. The van der Waals surface area contributed by atoms with Crippen LogP contribution in [-0.2, 0) is 5.41 Å². The van der Waals surface area contributed by atoms with Crippen molar-refractivity contribution in [3.05, 3.63) is 271 Å². The van der Waals surface area contributed by atoms with E-state index in [9.17, 15) is 0 Å². The van der Waals surface area contributed by atoms with Crippen LogP contribution in [0.15, 0.2) is 249 Å². The Morgan fingerprint density at radius 2 is 0.790 bits per heavy atom. The van der Waals surface area contributed by atoms with E-state index in [1.807, 2.05) is 0 Å². The van der Waals surface area contributed by atoms with Gasteiger partial charge in [0.2, 0.25) is 0 Å². The molecule has 1 spiro atoms. The van der Waals surface area contributed by atoms with Gasteiger partial charge in [-0.1, -0.05) is 212 Å². The van der Waals surface area contributed by atoms with Crippen LogP contribution in [0, 0.1) is 5.92 Å². The molecule has 0 aliphatic heterocycles. The van der Waals surface area contributed by atoms with Crippen molar-refractivity contribution in [3.63, 3.8) is 0 Å². The van der Waals surface area contributed by atoms with Crippen molar-refractivity contribution in [1.82, 2.24) is 0 Å². The molecule has 9 aromatic carbocycles. The number of benzene rings is 9. The smallest absolute Gasteiger partial charge is 0.0544 e. The number of rotatable bonds is 7. The van der Waals surface area contributed by atoms with Crippen LogP contribution in [0.2, 0.25) is 0 Å². The van der Waals surface area contributed by atoms with Crippen LogP contribution in [0.1, 0.15) is 28.2 Å². The largest absolute Gasteiger partial charge is 0.311 e. The molecule has 0 amide bonds. The van der Waals surface area contributed by atoms with Crippen LogP contribution < -0.4 is 4.90 Å². The third kappa shape index (κ3) is 5.55. The minimum atomic E-state index is -0.423. The number of hydrogen-bond donors (Lipinski definition) is 0. The first-order chi connectivity index (χ1) is 30.8. The van der Waals surface area contributed by atoms with Crippen LogP contribution in [0.25, 0.3) is 55.6 Å². The molecular formula is C61H43N. The fourth-order valence-electron chi connectivity index (χ4n) is 11.1. The highest BCUT2D eigenvalue weighted by Gasteiger charge is 2.59. The molecule has 292 valence electrons. The predicted molar refractivity (Wildman–Crippen MR) is 259 cm³/mol. The highest BCUT2D eigenvalue weighted by molar-refractivity contribution is 5.97. The van der Waals surface area contributed by atoms with Crippen molar-refractivity contribution in [1.29, 1.82) is 0 Å². The van der Waals surface area contributed by atoms with E-state index in [0.29, 0.717) is 0 Å². The average molecular weight is 790 g/mol. The summed E-state index contributed by atoms with van der Waals surface area (Å²) in [4.78, 5) is 2.36. The van der Waals surface area contributed by atoms with Gasteiger partial charge in [-0.15, -0.1) is 0 Å². The summed E-state index contributed by atoms with van der Waals surface area (Å²) in [6.45, 7) is 0. The molecule has 9 aromatic rings. The van der Waals surface area contributed by atoms with Gasteiger partial charge in [-0.05, 0) is 114 Å². The van der Waals surface area contributed by atoms with E-state index in [2.05, 4.69) is 254 Å². The molecular weight excluding hydrogens is 747 g/mol. The maximum absolute atomic E-state index is 2.51. The number of para-hydroxylation sites is 1. The minimum Gasteiger partial charge on any atom is -0.311 e. The topological polar surface area (TPSA) is 3.24 Å². The third-order valence-electron chi connectivity index (χ3n) is 13.6. The lowest BCUT2D eigenvalue weighted by molar-refractivity contribution is 0.466. The second-order valence-electron chi connectivity index (χ2n) is 16.7. The zero-order chi connectivity index (χ0) is 41.0. The lowest BCUT2D eigenvalue weighted by atomic mass is 9.64. The maximum atomic E-state index is 2.51. The van der Waals surface area contributed by atoms with E-state index in [4.69, 9.17) is 0 Å². The van der Waals surface area contributed by atoms with Gasteiger partial charge in [0.1, 0.15) is 0 Å². The Kier molecular flexibility index (Phi) is 8.61. The first-order valence-corrected chi connectivity index (χ1v) is 21.8. The summed E-state index contributed by atoms with van der Waals surface area (Å²) in [6.07, 6.45) is 9.54. The van der Waals surface area contributed by atoms with Crippen LogP contribution >= 0.6 is 0 Å². The van der Waals surface area contributed by atoms with Gasteiger partial charge in [0.25, 0.3) is 0 Å². The molecule has 0 N–H and O–H groups in total. The van der Waals surface area contributed by atoms with Gasteiger partial charge >= 0.3 is 0 Å². The molecule has 0 radical (unpaired) electrons. The molecule has 1 nitrogen and oxygen atoms in total. The molecule has 62 heavy (non-hydrogen) atoms. The molecule has 1 heteroatoms. The van der Waals surface area contributed by atoms with Crippen molar-refractivity contribution in [2.45, 2.75) is 11.3 Å². The van der Waals surface area contributed by atoms with Crippen LogP contribution in [-0.4, -0.2) is 0 Å². The molecule has 3 aliphatic rings. The van der Waals surface area contributed by atoms with Crippen molar-refractivity contribution in [2.75, 3.05) is 4.90 Å². The van der Waals surface area contributed by atoms with Gasteiger partial charge in [0.15, 0.2) is 0 Å². The van der Waals surface area contributed by atoms with Crippen LogP contribution in [0.3, 0.4) is 0 Å². The Balaban J connectivity index is 1.08. The van der Waals surface area contributed by atoms with E-state index in [1.54, 1.807) is 0 Å². The van der Waals surface area contributed by atoms with E-state index in [0.717, 1.165) is 17.1 Å². The predicted octanol–water partition coefficient (Wildman–Crippen LogP) is 16.0. The van der Waals surface area contributed by atoms with Gasteiger partial charge < -0.3 is 4.90 Å². The fourth-order valence-corrected chi connectivity index (χ4v) is 11.1. The molecule has 12 rings (SSSR count). The maximum Gasteiger partial charge on any atom is 0.0544 e. The van der Waals surface area contributed by atoms with Crippen LogP contribution in [0.4, 0.5) is 17.1 Å². The van der Waals surface area contributed by atoms with Gasteiger partial charge in [-0.2, -0.15) is 0 Å². The molecule has 0 bridgehead atoms. The molecule has 0 saturated carbocycles. The summed E-state index contributed by atoms with van der Waals surface area (Å²) >= 11 is 0. The second-order valence-corrected chi connectivity index (χ2v) is 16.7. The monoisotopic (exact) mass is 789 g/mol. The number of fused-ring (bicyclic) bond motifs is 10. The van der Waals surface area contributed by atoms with E-state index in [1.165, 1.54) is 77.9 Å². The summed E-state index contributed by atoms with van der Waals surface area (Å²) in [7, 11) is 0.